The van der Waals surface area contributed by atoms with Crippen LogP contribution in [0.25, 0.3) is 0 Å². The molecule has 0 aromatic heterocycles. The van der Waals surface area contributed by atoms with Gasteiger partial charge in [-0.05, 0) is 43.9 Å². The lowest BCUT2D eigenvalue weighted by Crippen LogP contribution is -2.48. The van der Waals surface area contributed by atoms with E-state index in [4.69, 9.17) is 15.2 Å². The van der Waals surface area contributed by atoms with Crippen LogP contribution in [0.4, 0.5) is 0 Å². The van der Waals surface area contributed by atoms with Crippen molar-refractivity contribution in [1.29, 1.82) is 0 Å². The van der Waals surface area contributed by atoms with Crippen molar-refractivity contribution in [3.63, 3.8) is 0 Å². The smallest absolute Gasteiger partial charge is 0.246 e. The lowest BCUT2D eigenvalue weighted by Gasteiger charge is -2.42. The number of carbonyl (C=O) groups excluding carboxylic acids is 1. The van der Waals surface area contributed by atoms with Crippen LogP contribution in [0.15, 0.2) is 0 Å². The molecule has 1 saturated carbocycles. The summed E-state index contributed by atoms with van der Waals surface area (Å²) in [6, 6.07) is 0.231. The fourth-order valence-corrected chi connectivity index (χ4v) is 3.12. The van der Waals surface area contributed by atoms with Crippen molar-refractivity contribution >= 4 is 5.91 Å². The van der Waals surface area contributed by atoms with Gasteiger partial charge in [0.05, 0.1) is 5.60 Å². The number of nitrogens with one attached hydrogen (secondary N) is 1. The zero-order chi connectivity index (χ0) is 15.3. The second-order valence-corrected chi connectivity index (χ2v) is 7.29. The highest BCUT2D eigenvalue weighted by molar-refractivity contribution is 5.77. The van der Waals surface area contributed by atoms with Crippen molar-refractivity contribution in [2.75, 3.05) is 26.4 Å². The fourth-order valence-electron chi connectivity index (χ4n) is 3.12. The summed E-state index contributed by atoms with van der Waals surface area (Å²) in [7, 11) is 0. The van der Waals surface area contributed by atoms with Crippen molar-refractivity contribution in [1.82, 2.24) is 5.32 Å². The average molecular weight is 298 g/mol. The van der Waals surface area contributed by atoms with Gasteiger partial charge >= 0.3 is 0 Å². The molecule has 0 aromatic carbocycles. The van der Waals surface area contributed by atoms with Crippen molar-refractivity contribution in [2.24, 2.45) is 11.1 Å². The fraction of sp³-hybridized carbons (Fsp3) is 0.938. The predicted octanol–water partition coefficient (Wildman–Crippen LogP) is 1.60. The Morgan fingerprint density at radius 1 is 1.24 bits per heavy atom. The summed E-state index contributed by atoms with van der Waals surface area (Å²) in [5.41, 5.74) is 5.99. The molecular weight excluding hydrogens is 268 g/mol. The molecule has 0 bridgehead atoms. The highest BCUT2D eigenvalue weighted by Gasteiger charge is 2.38. The number of amides is 1. The Morgan fingerprint density at radius 3 is 2.43 bits per heavy atom. The van der Waals surface area contributed by atoms with E-state index in [1.807, 2.05) is 0 Å². The summed E-state index contributed by atoms with van der Waals surface area (Å²) >= 11 is 0. The van der Waals surface area contributed by atoms with E-state index in [9.17, 15) is 4.79 Å². The topological polar surface area (TPSA) is 73.6 Å². The van der Waals surface area contributed by atoms with Gasteiger partial charge in [0.25, 0.3) is 0 Å². The molecule has 21 heavy (non-hydrogen) atoms. The number of hydrogen-bond acceptors (Lipinski definition) is 4. The molecule has 5 nitrogen and oxygen atoms in total. The van der Waals surface area contributed by atoms with E-state index >= 15 is 0 Å². The standard InChI is InChI=1S/C16H30N2O3/c1-15(2)5-7-16(12-17,8-6-15)21-11-14(19)18-13-3-9-20-10-4-13/h13H,3-12,17H2,1-2H3,(H,18,19). The summed E-state index contributed by atoms with van der Waals surface area (Å²) in [6.07, 6.45) is 5.88. The van der Waals surface area contributed by atoms with Gasteiger partial charge in [-0.1, -0.05) is 13.8 Å². The van der Waals surface area contributed by atoms with E-state index in [0.29, 0.717) is 12.0 Å². The number of carbonyl (C=O) groups is 1. The summed E-state index contributed by atoms with van der Waals surface area (Å²) in [6.45, 7) is 6.64. The van der Waals surface area contributed by atoms with Crippen molar-refractivity contribution in [3.05, 3.63) is 0 Å². The third kappa shape index (κ3) is 4.94. The Bertz CT molecular complexity index is 341. The molecule has 1 aliphatic carbocycles. The van der Waals surface area contributed by atoms with Gasteiger partial charge in [-0.3, -0.25) is 4.79 Å². The summed E-state index contributed by atoms with van der Waals surface area (Å²) in [5, 5.41) is 3.03. The molecule has 1 saturated heterocycles. The first kappa shape index (κ1) is 16.7. The molecule has 0 atom stereocenters. The Kier molecular flexibility index (Phi) is 5.63. The van der Waals surface area contributed by atoms with E-state index in [1.165, 1.54) is 0 Å². The Labute approximate surface area is 127 Å². The Morgan fingerprint density at radius 2 is 1.86 bits per heavy atom. The van der Waals surface area contributed by atoms with Crippen LogP contribution in [0.5, 0.6) is 0 Å². The average Bonchev–Trinajstić information content (AvgIpc) is 2.48. The van der Waals surface area contributed by atoms with E-state index in [2.05, 4.69) is 19.2 Å². The maximum Gasteiger partial charge on any atom is 0.246 e. The van der Waals surface area contributed by atoms with Crippen LogP contribution in [-0.4, -0.2) is 43.9 Å². The highest BCUT2D eigenvalue weighted by atomic mass is 16.5. The number of hydrogen-bond donors (Lipinski definition) is 2. The van der Waals surface area contributed by atoms with Crippen molar-refractivity contribution in [3.8, 4) is 0 Å². The monoisotopic (exact) mass is 298 g/mol. The van der Waals surface area contributed by atoms with Gasteiger partial charge < -0.3 is 20.5 Å². The van der Waals surface area contributed by atoms with Gasteiger partial charge in [0.1, 0.15) is 6.61 Å². The van der Waals surface area contributed by atoms with Crippen LogP contribution in [0.3, 0.4) is 0 Å². The van der Waals surface area contributed by atoms with Gasteiger partial charge in [0.15, 0.2) is 0 Å². The minimum absolute atomic E-state index is 0.0282. The largest absolute Gasteiger partial charge is 0.381 e. The second-order valence-electron chi connectivity index (χ2n) is 7.29. The van der Waals surface area contributed by atoms with Crippen LogP contribution in [-0.2, 0) is 14.3 Å². The van der Waals surface area contributed by atoms with Gasteiger partial charge in [-0.2, -0.15) is 0 Å². The van der Waals surface area contributed by atoms with Gasteiger partial charge in [-0.15, -0.1) is 0 Å². The number of rotatable bonds is 5. The molecule has 2 rings (SSSR count). The lowest BCUT2D eigenvalue weighted by atomic mass is 9.71. The molecule has 0 spiro atoms. The minimum Gasteiger partial charge on any atom is -0.381 e. The zero-order valence-electron chi connectivity index (χ0n) is 13.5. The normalized spacial score (nSPS) is 25.5. The van der Waals surface area contributed by atoms with Crippen LogP contribution in [0, 0.1) is 5.41 Å². The molecule has 122 valence electrons. The minimum atomic E-state index is -0.303. The molecule has 5 heteroatoms. The molecule has 1 heterocycles. The highest BCUT2D eigenvalue weighted by Crippen LogP contribution is 2.41. The van der Waals surface area contributed by atoms with Crippen molar-refractivity contribution in [2.45, 2.75) is 64.0 Å². The van der Waals surface area contributed by atoms with Gasteiger partial charge in [0.2, 0.25) is 5.91 Å². The maximum atomic E-state index is 12.0. The lowest BCUT2D eigenvalue weighted by molar-refractivity contribution is -0.138. The van der Waals surface area contributed by atoms with E-state index < -0.39 is 0 Å². The predicted molar refractivity (Wildman–Crippen MR) is 82.0 cm³/mol. The molecule has 2 fully saturated rings. The maximum absolute atomic E-state index is 12.0. The quantitative estimate of drug-likeness (QED) is 0.808. The summed E-state index contributed by atoms with van der Waals surface area (Å²) < 4.78 is 11.2. The summed E-state index contributed by atoms with van der Waals surface area (Å²) in [5.74, 6) is -0.0282. The first-order valence-electron chi connectivity index (χ1n) is 8.16. The first-order valence-corrected chi connectivity index (χ1v) is 8.16. The van der Waals surface area contributed by atoms with Gasteiger partial charge in [0, 0.05) is 25.8 Å². The molecule has 0 radical (unpaired) electrons. The molecule has 2 aliphatic rings. The Hall–Kier alpha value is -0.650. The van der Waals surface area contributed by atoms with Crippen LogP contribution in [0.2, 0.25) is 0 Å². The molecule has 0 aromatic rings. The third-order valence-corrected chi connectivity index (χ3v) is 4.98. The SMILES string of the molecule is CC1(C)CCC(CN)(OCC(=O)NC2CCOCC2)CC1. The van der Waals surface area contributed by atoms with Crippen LogP contribution < -0.4 is 11.1 Å². The molecule has 0 unspecified atom stereocenters. The van der Waals surface area contributed by atoms with Gasteiger partial charge in [-0.25, -0.2) is 0 Å². The van der Waals surface area contributed by atoms with Crippen LogP contribution >= 0.6 is 0 Å². The number of nitrogens with two attached hydrogens (primary N) is 1. The molecule has 1 aliphatic heterocycles. The summed E-state index contributed by atoms with van der Waals surface area (Å²) in [4.78, 5) is 12.0. The van der Waals surface area contributed by atoms with Crippen molar-refractivity contribution < 1.29 is 14.3 Å². The number of ether oxygens (including phenoxy) is 2. The second kappa shape index (κ2) is 7.07. The molecular formula is C16H30N2O3. The third-order valence-electron chi connectivity index (χ3n) is 4.98. The Balaban J connectivity index is 1.76. The van der Waals surface area contributed by atoms with E-state index in [1.54, 1.807) is 0 Å². The molecule has 3 N–H and O–H groups in total. The zero-order valence-corrected chi connectivity index (χ0v) is 13.5. The van der Waals surface area contributed by atoms with E-state index in [0.717, 1.165) is 51.7 Å². The molecule has 1 amide bonds. The first-order chi connectivity index (χ1) is 9.95. The van der Waals surface area contributed by atoms with E-state index in [-0.39, 0.29) is 24.2 Å². The van der Waals surface area contributed by atoms with Crippen LogP contribution in [0.1, 0.15) is 52.4 Å².